The Kier molecular flexibility index (Phi) is 3.77. The summed E-state index contributed by atoms with van der Waals surface area (Å²) < 4.78 is 13.6. The van der Waals surface area contributed by atoms with E-state index in [0.717, 1.165) is 32.2 Å². The minimum atomic E-state index is -0.422. The molecule has 1 aliphatic heterocycles. The second kappa shape index (κ2) is 5.30. The third-order valence-electron chi connectivity index (χ3n) is 3.42. The Morgan fingerprint density at radius 1 is 1.29 bits per heavy atom. The molecule has 1 heterocycles. The molecule has 0 saturated carbocycles. The maximum absolute atomic E-state index is 13.6. The van der Waals surface area contributed by atoms with Gasteiger partial charge >= 0.3 is 0 Å². The molecule has 92 valence electrons. The Bertz CT molecular complexity index is 405. The topological polar surface area (TPSA) is 20.3 Å². The van der Waals surface area contributed by atoms with Crippen LogP contribution in [0.25, 0.3) is 0 Å². The van der Waals surface area contributed by atoms with Crippen molar-refractivity contribution in [1.82, 2.24) is 4.90 Å². The summed E-state index contributed by atoms with van der Waals surface area (Å²) in [4.78, 5) is 14.1. The van der Waals surface area contributed by atoms with Crippen LogP contribution in [0.5, 0.6) is 0 Å². The Balaban J connectivity index is 2.21. The lowest BCUT2D eigenvalue weighted by Gasteiger charge is -2.27. The number of carbonyl (C=O) groups is 1. The monoisotopic (exact) mass is 235 g/mol. The zero-order chi connectivity index (χ0) is 12.3. The van der Waals surface area contributed by atoms with Crippen LogP contribution in [0.1, 0.15) is 43.0 Å². The van der Waals surface area contributed by atoms with Gasteiger partial charge in [0.05, 0.1) is 5.56 Å². The Morgan fingerprint density at radius 2 is 2.06 bits per heavy atom. The Morgan fingerprint density at radius 3 is 2.82 bits per heavy atom. The molecule has 1 unspecified atom stereocenters. The number of benzene rings is 1. The number of hydrogen-bond acceptors (Lipinski definition) is 1. The number of rotatable bonds is 1. The van der Waals surface area contributed by atoms with Crippen LogP contribution in [0.3, 0.4) is 0 Å². The fraction of sp³-hybridized carbons (Fsp3) is 0.500. The van der Waals surface area contributed by atoms with Crippen molar-refractivity contribution >= 4 is 5.91 Å². The van der Waals surface area contributed by atoms with Gasteiger partial charge in [0.25, 0.3) is 5.91 Å². The number of amides is 1. The zero-order valence-corrected chi connectivity index (χ0v) is 10.2. The van der Waals surface area contributed by atoms with Crippen LogP contribution in [0.4, 0.5) is 4.39 Å². The van der Waals surface area contributed by atoms with E-state index < -0.39 is 5.82 Å². The largest absolute Gasteiger partial charge is 0.336 e. The summed E-state index contributed by atoms with van der Waals surface area (Å²) in [6, 6.07) is 6.44. The standard InChI is InChI=1S/C14H18FNO/c1-11-7-3-2-6-10-16(11)14(17)12-8-4-5-9-13(12)15/h4-5,8-9,11H,2-3,6-7,10H2,1H3. The average Bonchev–Trinajstić information content (AvgIpc) is 2.54. The van der Waals surface area contributed by atoms with Gasteiger partial charge in [-0.1, -0.05) is 25.0 Å². The van der Waals surface area contributed by atoms with Gasteiger partial charge in [0.15, 0.2) is 0 Å². The second-order valence-corrected chi connectivity index (χ2v) is 4.68. The first kappa shape index (κ1) is 12.1. The quantitative estimate of drug-likeness (QED) is 0.731. The van der Waals surface area contributed by atoms with Crippen LogP contribution in [-0.4, -0.2) is 23.4 Å². The lowest BCUT2D eigenvalue weighted by molar-refractivity contribution is 0.0693. The van der Waals surface area contributed by atoms with E-state index in [9.17, 15) is 9.18 Å². The molecule has 0 radical (unpaired) electrons. The zero-order valence-electron chi connectivity index (χ0n) is 10.2. The van der Waals surface area contributed by atoms with E-state index in [1.807, 2.05) is 11.8 Å². The normalized spacial score (nSPS) is 21.1. The van der Waals surface area contributed by atoms with Crippen molar-refractivity contribution in [2.45, 2.75) is 38.6 Å². The molecule has 1 fully saturated rings. The fourth-order valence-corrected chi connectivity index (χ4v) is 2.37. The van der Waals surface area contributed by atoms with Crippen molar-refractivity contribution in [3.63, 3.8) is 0 Å². The maximum atomic E-state index is 13.6. The molecule has 1 aromatic carbocycles. The number of likely N-dealkylation sites (tertiary alicyclic amines) is 1. The fourth-order valence-electron chi connectivity index (χ4n) is 2.37. The summed E-state index contributed by atoms with van der Waals surface area (Å²) in [7, 11) is 0. The summed E-state index contributed by atoms with van der Waals surface area (Å²) >= 11 is 0. The Labute approximate surface area is 101 Å². The lowest BCUT2D eigenvalue weighted by Crippen LogP contribution is -2.38. The van der Waals surface area contributed by atoms with Crippen LogP contribution in [0.15, 0.2) is 24.3 Å². The third kappa shape index (κ3) is 2.65. The lowest BCUT2D eigenvalue weighted by atomic mass is 10.1. The molecule has 1 amide bonds. The summed E-state index contributed by atoms with van der Waals surface area (Å²) in [5, 5.41) is 0. The average molecular weight is 235 g/mol. The van der Waals surface area contributed by atoms with E-state index in [1.54, 1.807) is 18.2 Å². The predicted octanol–water partition coefficient (Wildman–Crippen LogP) is 3.23. The molecule has 3 heteroatoms. The van der Waals surface area contributed by atoms with Gasteiger partial charge in [-0.05, 0) is 31.9 Å². The molecule has 1 saturated heterocycles. The summed E-state index contributed by atoms with van der Waals surface area (Å²) in [6.45, 7) is 2.79. The van der Waals surface area contributed by atoms with Gasteiger partial charge in [0.1, 0.15) is 5.82 Å². The summed E-state index contributed by atoms with van der Waals surface area (Å²) in [5.74, 6) is -0.591. The van der Waals surface area contributed by atoms with Crippen molar-refractivity contribution in [3.8, 4) is 0 Å². The SMILES string of the molecule is CC1CCCCCN1C(=O)c1ccccc1F. The molecule has 1 aliphatic rings. The Hall–Kier alpha value is -1.38. The van der Waals surface area contributed by atoms with Gasteiger partial charge in [-0.3, -0.25) is 4.79 Å². The van der Waals surface area contributed by atoms with Crippen LogP contribution >= 0.6 is 0 Å². The predicted molar refractivity (Wildman–Crippen MR) is 65.4 cm³/mol. The van der Waals surface area contributed by atoms with Crippen molar-refractivity contribution in [2.75, 3.05) is 6.54 Å². The number of halogens is 1. The first-order valence-electron chi connectivity index (χ1n) is 6.25. The number of carbonyl (C=O) groups excluding carboxylic acids is 1. The summed E-state index contributed by atoms with van der Waals surface area (Å²) in [5.41, 5.74) is 0.196. The van der Waals surface area contributed by atoms with Crippen LogP contribution < -0.4 is 0 Å². The third-order valence-corrected chi connectivity index (χ3v) is 3.42. The highest BCUT2D eigenvalue weighted by Gasteiger charge is 2.24. The molecule has 1 atom stereocenters. The first-order chi connectivity index (χ1) is 8.20. The first-order valence-corrected chi connectivity index (χ1v) is 6.25. The highest BCUT2D eigenvalue weighted by Crippen LogP contribution is 2.19. The molecule has 2 rings (SSSR count). The smallest absolute Gasteiger partial charge is 0.257 e. The van der Waals surface area contributed by atoms with E-state index in [-0.39, 0.29) is 17.5 Å². The van der Waals surface area contributed by atoms with Gasteiger partial charge in [-0.25, -0.2) is 4.39 Å². The highest BCUT2D eigenvalue weighted by molar-refractivity contribution is 5.94. The number of nitrogens with zero attached hydrogens (tertiary/aromatic N) is 1. The van der Waals surface area contributed by atoms with Gasteiger partial charge < -0.3 is 4.90 Å². The van der Waals surface area contributed by atoms with Gasteiger partial charge in [-0.2, -0.15) is 0 Å². The van der Waals surface area contributed by atoms with Crippen LogP contribution in [-0.2, 0) is 0 Å². The van der Waals surface area contributed by atoms with Crippen LogP contribution in [0, 0.1) is 5.82 Å². The van der Waals surface area contributed by atoms with E-state index in [2.05, 4.69) is 0 Å². The van der Waals surface area contributed by atoms with Crippen LogP contribution in [0.2, 0.25) is 0 Å². The number of hydrogen-bond donors (Lipinski definition) is 0. The molecule has 0 aliphatic carbocycles. The molecular formula is C14H18FNO. The van der Waals surface area contributed by atoms with Crippen molar-refractivity contribution < 1.29 is 9.18 Å². The molecule has 2 nitrogen and oxygen atoms in total. The molecule has 1 aromatic rings. The van der Waals surface area contributed by atoms with E-state index in [1.165, 1.54) is 6.07 Å². The molecule has 0 spiro atoms. The van der Waals surface area contributed by atoms with Gasteiger partial charge in [-0.15, -0.1) is 0 Å². The second-order valence-electron chi connectivity index (χ2n) is 4.68. The molecule has 0 aromatic heterocycles. The van der Waals surface area contributed by atoms with Crippen molar-refractivity contribution in [3.05, 3.63) is 35.6 Å². The molecular weight excluding hydrogens is 217 g/mol. The molecule has 17 heavy (non-hydrogen) atoms. The molecule has 0 bridgehead atoms. The minimum Gasteiger partial charge on any atom is -0.336 e. The van der Waals surface area contributed by atoms with Gasteiger partial charge in [0.2, 0.25) is 0 Å². The van der Waals surface area contributed by atoms with E-state index in [4.69, 9.17) is 0 Å². The van der Waals surface area contributed by atoms with Crippen molar-refractivity contribution in [1.29, 1.82) is 0 Å². The van der Waals surface area contributed by atoms with Crippen molar-refractivity contribution in [2.24, 2.45) is 0 Å². The van der Waals surface area contributed by atoms with Gasteiger partial charge in [0, 0.05) is 12.6 Å². The maximum Gasteiger partial charge on any atom is 0.257 e. The minimum absolute atomic E-state index is 0.169. The van der Waals surface area contributed by atoms with E-state index >= 15 is 0 Å². The molecule has 0 N–H and O–H groups in total. The van der Waals surface area contributed by atoms with E-state index in [0.29, 0.717) is 0 Å². The summed E-state index contributed by atoms with van der Waals surface area (Å²) in [6.07, 6.45) is 4.35. The highest BCUT2D eigenvalue weighted by atomic mass is 19.1.